The molecule has 112 valence electrons. The van der Waals surface area contributed by atoms with E-state index < -0.39 is 17.4 Å². The van der Waals surface area contributed by atoms with Crippen molar-refractivity contribution in [2.45, 2.75) is 26.2 Å². The molecule has 7 nitrogen and oxygen atoms in total. The number of carbonyl (C=O) groups is 2. The number of ether oxygens (including phenoxy) is 2. The van der Waals surface area contributed by atoms with Crippen molar-refractivity contribution in [3.63, 3.8) is 0 Å². The molecule has 3 N–H and O–H groups in total. The van der Waals surface area contributed by atoms with Crippen molar-refractivity contribution in [2.75, 3.05) is 33.0 Å². The van der Waals surface area contributed by atoms with Gasteiger partial charge in [0.1, 0.15) is 6.61 Å². The second-order valence-corrected chi connectivity index (χ2v) is 4.34. The molecule has 0 aliphatic carbocycles. The number of carboxylic acid groups (broad SMARTS) is 1. The van der Waals surface area contributed by atoms with Gasteiger partial charge in [-0.25, -0.2) is 0 Å². The lowest BCUT2D eigenvalue weighted by molar-refractivity contribution is -0.149. The minimum absolute atomic E-state index is 0.0229. The molecular weight excluding hydrogens is 256 g/mol. The smallest absolute Gasteiger partial charge is 0.306 e. The Morgan fingerprint density at radius 3 is 2.21 bits per heavy atom. The molecule has 0 bridgehead atoms. The number of esters is 1. The van der Waals surface area contributed by atoms with Gasteiger partial charge in [-0.3, -0.25) is 9.59 Å². The van der Waals surface area contributed by atoms with E-state index in [1.54, 1.807) is 0 Å². The highest BCUT2D eigenvalue weighted by Gasteiger charge is 2.26. The molecule has 19 heavy (non-hydrogen) atoms. The maximum absolute atomic E-state index is 11.1. The fraction of sp³-hybridized carbons (Fsp3) is 0.833. The number of aliphatic hydroxyl groups excluding tert-OH is 2. The van der Waals surface area contributed by atoms with Gasteiger partial charge in [0.2, 0.25) is 0 Å². The monoisotopic (exact) mass is 278 g/mol. The quantitative estimate of drug-likeness (QED) is 0.354. The predicted octanol–water partition coefficient (Wildman–Crippen LogP) is -0.208. The van der Waals surface area contributed by atoms with Gasteiger partial charge in [-0.2, -0.15) is 0 Å². The standard InChI is InChI=1S/C12H22O7/c1-2-12(7-13,8-14)9-18-5-6-19-11(17)4-3-10(15)16/h13-14H,2-9H2,1H3,(H,15,16). The van der Waals surface area contributed by atoms with Crippen LogP contribution in [-0.2, 0) is 19.1 Å². The van der Waals surface area contributed by atoms with Crippen LogP contribution in [0.1, 0.15) is 26.2 Å². The predicted molar refractivity (Wildman–Crippen MR) is 65.5 cm³/mol. The van der Waals surface area contributed by atoms with E-state index in [-0.39, 0.29) is 45.9 Å². The maximum Gasteiger partial charge on any atom is 0.306 e. The molecule has 0 aliphatic rings. The van der Waals surface area contributed by atoms with Crippen LogP contribution in [0, 0.1) is 5.41 Å². The van der Waals surface area contributed by atoms with Crippen molar-refractivity contribution in [2.24, 2.45) is 5.41 Å². The number of aliphatic carboxylic acids is 1. The Balaban J connectivity index is 3.69. The third kappa shape index (κ3) is 7.76. The molecule has 0 aromatic rings. The first-order valence-electron chi connectivity index (χ1n) is 6.16. The Morgan fingerprint density at radius 1 is 1.11 bits per heavy atom. The van der Waals surface area contributed by atoms with Gasteiger partial charge in [0, 0.05) is 5.41 Å². The van der Waals surface area contributed by atoms with E-state index in [2.05, 4.69) is 0 Å². The molecule has 0 aromatic heterocycles. The Kier molecular flexibility index (Phi) is 9.11. The number of hydrogen-bond acceptors (Lipinski definition) is 6. The van der Waals surface area contributed by atoms with Crippen LogP contribution in [0.25, 0.3) is 0 Å². The first-order valence-corrected chi connectivity index (χ1v) is 6.16. The number of carbonyl (C=O) groups excluding carboxylic acids is 1. The number of aliphatic hydroxyl groups is 2. The lowest BCUT2D eigenvalue weighted by Gasteiger charge is -2.27. The van der Waals surface area contributed by atoms with Crippen LogP contribution in [0.5, 0.6) is 0 Å². The van der Waals surface area contributed by atoms with E-state index >= 15 is 0 Å². The highest BCUT2D eigenvalue weighted by atomic mass is 16.6. The van der Waals surface area contributed by atoms with Crippen LogP contribution in [0.2, 0.25) is 0 Å². The molecule has 0 fully saturated rings. The number of carboxylic acids is 1. The molecule has 0 atom stereocenters. The van der Waals surface area contributed by atoms with Crippen molar-refractivity contribution in [3.8, 4) is 0 Å². The average Bonchev–Trinajstić information content (AvgIpc) is 2.41. The molecule has 0 amide bonds. The topological polar surface area (TPSA) is 113 Å². The van der Waals surface area contributed by atoms with Gasteiger partial charge in [-0.15, -0.1) is 0 Å². The molecule has 0 rings (SSSR count). The number of hydrogen-bond donors (Lipinski definition) is 3. The first kappa shape index (κ1) is 17.8. The summed E-state index contributed by atoms with van der Waals surface area (Å²) in [7, 11) is 0. The first-order chi connectivity index (χ1) is 8.99. The Bertz CT molecular complexity index is 265. The van der Waals surface area contributed by atoms with Gasteiger partial charge < -0.3 is 24.8 Å². The summed E-state index contributed by atoms with van der Waals surface area (Å²) < 4.78 is 9.99. The zero-order chi connectivity index (χ0) is 14.7. The molecule has 0 heterocycles. The molecular formula is C12H22O7. The Morgan fingerprint density at radius 2 is 1.74 bits per heavy atom. The van der Waals surface area contributed by atoms with E-state index in [4.69, 9.17) is 24.8 Å². The Hall–Kier alpha value is -1.18. The lowest BCUT2D eigenvalue weighted by atomic mass is 9.88. The third-order valence-electron chi connectivity index (χ3n) is 2.86. The highest BCUT2D eigenvalue weighted by Crippen LogP contribution is 2.20. The zero-order valence-corrected chi connectivity index (χ0v) is 11.1. The molecule has 0 aromatic carbocycles. The summed E-state index contributed by atoms with van der Waals surface area (Å²) in [6, 6.07) is 0. The summed E-state index contributed by atoms with van der Waals surface area (Å²) in [5.74, 6) is -1.64. The third-order valence-corrected chi connectivity index (χ3v) is 2.86. The lowest BCUT2D eigenvalue weighted by Crippen LogP contribution is -2.34. The fourth-order valence-electron chi connectivity index (χ4n) is 1.25. The van der Waals surface area contributed by atoms with Gasteiger partial charge in [-0.05, 0) is 6.42 Å². The maximum atomic E-state index is 11.1. The molecule has 0 saturated heterocycles. The van der Waals surface area contributed by atoms with E-state index in [0.717, 1.165) is 0 Å². The zero-order valence-electron chi connectivity index (χ0n) is 11.1. The minimum Gasteiger partial charge on any atom is -0.481 e. The van der Waals surface area contributed by atoms with Crippen LogP contribution in [0.3, 0.4) is 0 Å². The SMILES string of the molecule is CCC(CO)(CO)COCCOC(=O)CCC(=O)O. The molecule has 0 radical (unpaired) electrons. The van der Waals surface area contributed by atoms with E-state index in [1.165, 1.54) is 0 Å². The van der Waals surface area contributed by atoms with Crippen LogP contribution < -0.4 is 0 Å². The summed E-state index contributed by atoms with van der Waals surface area (Å²) in [6.45, 7) is 1.80. The van der Waals surface area contributed by atoms with Crippen molar-refractivity contribution in [1.82, 2.24) is 0 Å². The van der Waals surface area contributed by atoms with Crippen molar-refractivity contribution in [1.29, 1.82) is 0 Å². The second-order valence-electron chi connectivity index (χ2n) is 4.34. The van der Waals surface area contributed by atoms with E-state index in [9.17, 15) is 9.59 Å². The fourth-order valence-corrected chi connectivity index (χ4v) is 1.25. The van der Waals surface area contributed by atoms with Gasteiger partial charge in [-0.1, -0.05) is 6.92 Å². The molecule has 7 heteroatoms. The van der Waals surface area contributed by atoms with Crippen molar-refractivity contribution in [3.05, 3.63) is 0 Å². The van der Waals surface area contributed by atoms with Crippen LogP contribution >= 0.6 is 0 Å². The summed E-state index contributed by atoms with van der Waals surface area (Å²) in [6.07, 6.45) is 0.146. The largest absolute Gasteiger partial charge is 0.481 e. The summed E-state index contributed by atoms with van der Waals surface area (Å²) in [4.78, 5) is 21.3. The van der Waals surface area contributed by atoms with E-state index in [0.29, 0.717) is 6.42 Å². The minimum atomic E-state index is -1.05. The summed E-state index contributed by atoms with van der Waals surface area (Å²) in [5, 5.41) is 26.7. The van der Waals surface area contributed by atoms with Crippen LogP contribution in [-0.4, -0.2) is 60.3 Å². The van der Waals surface area contributed by atoms with E-state index in [1.807, 2.05) is 6.92 Å². The van der Waals surface area contributed by atoms with Crippen LogP contribution in [0.4, 0.5) is 0 Å². The average molecular weight is 278 g/mol. The normalized spacial score (nSPS) is 11.3. The second kappa shape index (κ2) is 9.71. The summed E-state index contributed by atoms with van der Waals surface area (Å²) >= 11 is 0. The molecule has 0 spiro atoms. The van der Waals surface area contributed by atoms with Gasteiger partial charge >= 0.3 is 11.9 Å². The van der Waals surface area contributed by atoms with Gasteiger partial charge in [0.05, 0.1) is 39.3 Å². The number of rotatable bonds is 11. The van der Waals surface area contributed by atoms with Crippen molar-refractivity contribution < 1.29 is 34.4 Å². The Labute approximate surface area is 112 Å². The highest BCUT2D eigenvalue weighted by molar-refractivity contribution is 5.76. The van der Waals surface area contributed by atoms with Crippen molar-refractivity contribution >= 4 is 11.9 Å². The van der Waals surface area contributed by atoms with Gasteiger partial charge in [0.15, 0.2) is 0 Å². The molecule has 0 unspecified atom stereocenters. The van der Waals surface area contributed by atoms with Crippen LogP contribution in [0.15, 0.2) is 0 Å². The molecule has 0 saturated carbocycles. The van der Waals surface area contributed by atoms with Gasteiger partial charge in [0.25, 0.3) is 0 Å². The summed E-state index contributed by atoms with van der Waals surface area (Å²) in [5.41, 5.74) is -0.673. The molecule has 0 aliphatic heterocycles.